The highest BCUT2D eigenvalue weighted by atomic mass is 16.1. The van der Waals surface area contributed by atoms with Crippen LogP contribution in [0, 0.1) is 12.8 Å². The lowest BCUT2D eigenvalue weighted by Crippen LogP contribution is -2.32. The zero-order chi connectivity index (χ0) is 12.1. The van der Waals surface area contributed by atoms with Crippen LogP contribution in [-0.2, 0) is 4.79 Å². The van der Waals surface area contributed by atoms with Crippen LogP contribution in [0.15, 0.2) is 24.3 Å². The maximum Gasteiger partial charge on any atom is 0.221 e. The number of carbonyl (C=O) groups is 1. The molecule has 0 fully saturated rings. The van der Waals surface area contributed by atoms with Crippen LogP contribution in [0.4, 0.5) is 0 Å². The molecule has 16 heavy (non-hydrogen) atoms. The molecule has 0 saturated carbocycles. The molecule has 0 bridgehead atoms. The second-order valence-corrected chi connectivity index (χ2v) is 4.29. The van der Waals surface area contributed by atoms with Crippen molar-refractivity contribution < 1.29 is 4.79 Å². The molecular weight excluding hydrogens is 200 g/mol. The first-order valence-corrected chi connectivity index (χ1v) is 5.60. The third-order valence-electron chi connectivity index (χ3n) is 2.87. The van der Waals surface area contributed by atoms with Crippen LogP contribution < -0.4 is 11.1 Å². The predicted octanol–water partition coefficient (Wildman–Crippen LogP) is 1.77. The lowest BCUT2D eigenvalue weighted by Gasteiger charge is -2.18. The van der Waals surface area contributed by atoms with E-state index in [-0.39, 0.29) is 17.9 Å². The fraction of sp³-hybridized carbons (Fsp3) is 0.462. The number of nitrogens with two attached hydrogens (primary N) is 1. The standard InChI is InChI=1S/C13H20N2O/c1-9-6-4-5-7-12(9)11(3)15-8-10(2)13(14)16/h4-7,10-11,15H,8H2,1-3H3,(H2,14,16)/t10?,11-/m0/s1. The average Bonchev–Trinajstić information content (AvgIpc) is 2.25. The van der Waals surface area contributed by atoms with Gasteiger partial charge in [-0.3, -0.25) is 4.79 Å². The van der Waals surface area contributed by atoms with Gasteiger partial charge in [0.05, 0.1) is 0 Å². The average molecular weight is 220 g/mol. The lowest BCUT2D eigenvalue weighted by molar-refractivity contribution is -0.121. The molecule has 0 aromatic heterocycles. The number of primary amides is 1. The van der Waals surface area contributed by atoms with E-state index in [1.54, 1.807) is 0 Å². The van der Waals surface area contributed by atoms with E-state index < -0.39 is 0 Å². The first kappa shape index (κ1) is 12.7. The van der Waals surface area contributed by atoms with Gasteiger partial charge in [-0.1, -0.05) is 31.2 Å². The summed E-state index contributed by atoms with van der Waals surface area (Å²) >= 11 is 0. The van der Waals surface area contributed by atoms with E-state index in [0.29, 0.717) is 6.54 Å². The maximum absolute atomic E-state index is 10.9. The second-order valence-electron chi connectivity index (χ2n) is 4.29. The molecule has 1 unspecified atom stereocenters. The molecule has 0 aliphatic heterocycles. The summed E-state index contributed by atoms with van der Waals surface area (Å²) in [6.45, 7) is 6.63. The molecular formula is C13H20N2O. The Morgan fingerprint density at radius 2 is 2.00 bits per heavy atom. The fourth-order valence-electron chi connectivity index (χ4n) is 1.64. The fourth-order valence-corrected chi connectivity index (χ4v) is 1.64. The summed E-state index contributed by atoms with van der Waals surface area (Å²) in [7, 11) is 0. The second kappa shape index (κ2) is 5.66. The Bertz CT molecular complexity index is 363. The summed E-state index contributed by atoms with van der Waals surface area (Å²) in [6, 6.07) is 8.48. The molecule has 0 heterocycles. The van der Waals surface area contributed by atoms with Crippen molar-refractivity contribution in [3.63, 3.8) is 0 Å². The van der Waals surface area contributed by atoms with Crippen molar-refractivity contribution in [2.75, 3.05) is 6.54 Å². The summed E-state index contributed by atoms with van der Waals surface area (Å²) in [5.41, 5.74) is 7.73. The molecule has 0 spiro atoms. The summed E-state index contributed by atoms with van der Waals surface area (Å²) in [4.78, 5) is 10.9. The van der Waals surface area contributed by atoms with E-state index in [0.717, 1.165) is 0 Å². The number of aryl methyl sites for hydroxylation is 1. The minimum Gasteiger partial charge on any atom is -0.369 e. The molecule has 0 aliphatic carbocycles. The molecule has 3 heteroatoms. The maximum atomic E-state index is 10.9. The van der Waals surface area contributed by atoms with Crippen molar-refractivity contribution in [2.24, 2.45) is 11.7 Å². The molecule has 2 atom stereocenters. The van der Waals surface area contributed by atoms with Crippen LogP contribution in [0.25, 0.3) is 0 Å². The molecule has 1 aromatic carbocycles. The molecule has 3 nitrogen and oxygen atoms in total. The zero-order valence-electron chi connectivity index (χ0n) is 10.2. The van der Waals surface area contributed by atoms with E-state index >= 15 is 0 Å². The number of carbonyl (C=O) groups excluding carboxylic acids is 1. The van der Waals surface area contributed by atoms with Gasteiger partial charge in [-0.2, -0.15) is 0 Å². The van der Waals surface area contributed by atoms with Gasteiger partial charge in [-0.05, 0) is 25.0 Å². The third kappa shape index (κ3) is 3.35. The Kier molecular flexibility index (Phi) is 4.50. The number of rotatable bonds is 5. The highest BCUT2D eigenvalue weighted by molar-refractivity contribution is 5.76. The minimum atomic E-state index is -0.260. The Balaban J connectivity index is 2.56. The lowest BCUT2D eigenvalue weighted by atomic mass is 10.0. The van der Waals surface area contributed by atoms with Crippen molar-refractivity contribution >= 4 is 5.91 Å². The summed E-state index contributed by atoms with van der Waals surface area (Å²) in [5.74, 6) is -0.393. The van der Waals surface area contributed by atoms with Crippen molar-refractivity contribution in [2.45, 2.75) is 26.8 Å². The Morgan fingerprint density at radius 3 is 2.56 bits per heavy atom. The monoisotopic (exact) mass is 220 g/mol. The van der Waals surface area contributed by atoms with Gasteiger partial charge in [0, 0.05) is 18.5 Å². The first-order valence-electron chi connectivity index (χ1n) is 5.60. The molecule has 3 N–H and O–H groups in total. The number of hydrogen-bond acceptors (Lipinski definition) is 2. The van der Waals surface area contributed by atoms with Gasteiger partial charge >= 0.3 is 0 Å². The molecule has 0 aliphatic rings. The molecule has 1 aromatic rings. The predicted molar refractivity (Wildman–Crippen MR) is 66.0 cm³/mol. The van der Waals surface area contributed by atoms with E-state index in [4.69, 9.17) is 5.73 Å². The van der Waals surface area contributed by atoms with Gasteiger partial charge in [0.25, 0.3) is 0 Å². The van der Waals surface area contributed by atoms with Crippen molar-refractivity contribution in [1.29, 1.82) is 0 Å². The van der Waals surface area contributed by atoms with Gasteiger partial charge in [-0.25, -0.2) is 0 Å². The number of benzene rings is 1. The summed E-state index contributed by atoms with van der Waals surface area (Å²) in [6.07, 6.45) is 0. The highest BCUT2D eigenvalue weighted by Crippen LogP contribution is 2.16. The quantitative estimate of drug-likeness (QED) is 0.794. The Morgan fingerprint density at radius 1 is 1.38 bits per heavy atom. The van der Waals surface area contributed by atoms with Crippen molar-refractivity contribution in [1.82, 2.24) is 5.32 Å². The smallest absolute Gasteiger partial charge is 0.221 e. The van der Waals surface area contributed by atoms with Gasteiger partial charge < -0.3 is 11.1 Å². The third-order valence-corrected chi connectivity index (χ3v) is 2.87. The van der Waals surface area contributed by atoms with Crippen LogP contribution in [-0.4, -0.2) is 12.5 Å². The van der Waals surface area contributed by atoms with E-state index in [1.165, 1.54) is 11.1 Å². The minimum absolute atomic E-state index is 0.133. The van der Waals surface area contributed by atoms with Crippen LogP contribution in [0.3, 0.4) is 0 Å². The topological polar surface area (TPSA) is 55.1 Å². The van der Waals surface area contributed by atoms with E-state index in [1.807, 2.05) is 19.1 Å². The highest BCUT2D eigenvalue weighted by Gasteiger charge is 2.12. The van der Waals surface area contributed by atoms with Gasteiger partial charge in [0.1, 0.15) is 0 Å². The number of nitrogens with one attached hydrogen (secondary N) is 1. The van der Waals surface area contributed by atoms with Crippen LogP contribution in [0.5, 0.6) is 0 Å². The van der Waals surface area contributed by atoms with E-state index in [9.17, 15) is 4.79 Å². The SMILES string of the molecule is Cc1ccccc1[C@H](C)NCC(C)C(N)=O. The van der Waals surface area contributed by atoms with Crippen molar-refractivity contribution in [3.05, 3.63) is 35.4 Å². The molecule has 1 amide bonds. The summed E-state index contributed by atoms with van der Waals surface area (Å²) in [5, 5.41) is 3.32. The molecule has 0 radical (unpaired) electrons. The molecule has 1 rings (SSSR count). The van der Waals surface area contributed by atoms with E-state index in [2.05, 4.69) is 31.3 Å². The Hall–Kier alpha value is -1.35. The first-order chi connectivity index (χ1) is 7.52. The molecule has 88 valence electrons. The molecule has 0 saturated heterocycles. The van der Waals surface area contributed by atoms with Crippen LogP contribution in [0.2, 0.25) is 0 Å². The number of amides is 1. The van der Waals surface area contributed by atoms with Crippen LogP contribution >= 0.6 is 0 Å². The normalized spacial score (nSPS) is 14.4. The zero-order valence-corrected chi connectivity index (χ0v) is 10.2. The Labute approximate surface area is 97.0 Å². The summed E-state index contributed by atoms with van der Waals surface area (Å²) < 4.78 is 0. The number of hydrogen-bond donors (Lipinski definition) is 2. The van der Waals surface area contributed by atoms with Gasteiger partial charge in [0.15, 0.2) is 0 Å². The van der Waals surface area contributed by atoms with Crippen LogP contribution in [0.1, 0.15) is 31.0 Å². The van der Waals surface area contributed by atoms with Crippen molar-refractivity contribution in [3.8, 4) is 0 Å². The van der Waals surface area contributed by atoms with Gasteiger partial charge in [-0.15, -0.1) is 0 Å². The van der Waals surface area contributed by atoms with Gasteiger partial charge in [0.2, 0.25) is 5.91 Å². The largest absolute Gasteiger partial charge is 0.369 e.